The molecule has 0 unspecified atom stereocenters. The first-order valence-corrected chi connectivity index (χ1v) is 12.1. The molecule has 32 heavy (non-hydrogen) atoms. The summed E-state index contributed by atoms with van der Waals surface area (Å²) >= 11 is 2.70. The van der Waals surface area contributed by atoms with Crippen LogP contribution in [0.2, 0.25) is 0 Å². The van der Waals surface area contributed by atoms with Gasteiger partial charge in [0.15, 0.2) is 5.16 Å². The van der Waals surface area contributed by atoms with Crippen LogP contribution in [0.1, 0.15) is 11.1 Å². The lowest BCUT2D eigenvalue weighted by atomic mass is 10.2. The summed E-state index contributed by atoms with van der Waals surface area (Å²) < 4.78 is 7.60. The van der Waals surface area contributed by atoms with Crippen LogP contribution in [0.4, 0.5) is 5.69 Å². The number of rotatable bonds is 6. The number of thiophene rings is 1. The van der Waals surface area contributed by atoms with Gasteiger partial charge in [0.2, 0.25) is 5.91 Å². The van der Waals surface area contributed by atoms with E-state index >= 15 is 0 Å². The second-order valence-electron chi connectivity index (χ2n) is 7.48. The fourth-order valence-corrected chi connectivity index (χ4v) is 5.58. The Morgan fingerprint density at radius 3 is 2.94 bits per heavy atom. The summed E-state index contributed by atoms with van der Waals surface area (Å²) in [6, 6.07) is 17.5. The van der Waals surface area contributed by atoms with Crippen LogP contribution in [0.5, 0.6) is 5.75 Å². The van der Waals surface area contributed by atoms with Crippen molar-refractivity contribution in [3.63, 3.8) is 0 Å². The molecular weight excluding hydrogens is 442 g/mol. The Labute approximate surface area is 193 Å². The van der Waals surface area contributed by atoms with Gasteiger partial charge in [-0.15, -0.1) is 11.3 Å². The average molecular weight is 464 g/mol. The number of benzene rings is 2. The van der Waals surface area contributed by atoms with Gasteiger partial charge in [-0.3, -0.25) is 14.2 Å². The minimum absolute atomic E-state index is 0.0209. The summed E-state index contributed by atoms with van der Waals surface area (Å²) in [6.45, 7) is 1.05. The Morgan fingerprint density at radius 1 is 1.19 bits per heavy atom. The van der Waals surface area contributed by atoms with Crippen molar-refractivity contribution in [1.82, 2.24) is 9.55 Å². The number of thioether (sulfide) groups is 1. The summed E-state index contributed by atoms with van der Waals surface area (Å²) in [5, 5.41) is 2.42. The third kappa shape index (κ3) is 3.91. The molecule has 0 bridgehead atoms. The van der Waals surface area contributed by atoms with Gasteiger partial charge in [-0.1, -0.05) is 42.1 Å². The molecule has 0 saturated carbocycles. The van der Waals surface area contributed by atoms with E-state index in [9.17, 15) is 9.59 Å². The molecule has 0 radical (unpaired) electrons. The van der Waals surface area contributed by atoms with Crippen LogP contribution in [-0.2, 0) is 17.8 Å². The van der Waals surface area contributed by atoms with Gasteiger partial charge in [-0.25, -0.2) is 4.98 Å². The standard InChI is InChI=1S/C24H21N3O3S2/c1-30-18-7-4-5-16(13-18)14-27-23(29)22-19(10-12-31-22)25-24(27)32-15-21(28)26-11-9-17-6-2-3-8-20(17)26/h2-8,10,12-13H,9,11,14-15H2,1H3. The molecule has 2 aromatic carbocycles. The minimum Gasteiger partial charge on any atom is -0.497 e. The fourth-order valence-electron chi connectivity index (χ4n) is 3.93. The highest BCUT2D eigenvalue weighted by Gasteiger charge is 2.25. The van der Waals surface area contributed by atoms with Crippen molar-refractivity contribution < 1.29 is 9.53 Å². The third-order valence-corrected chi connectivity index (χ3v) is 7.37. The van der Waals surface area contributed by atoms with Crippen LogP contribution >= 0.6 is 23.1 Å². The van der Waals surface area contributed by atoms with Gasteiger partial charge >= 0.3 is 0 Å². The zero-order valence-electron chi connectivity index (χ0n) is 17.5. The molecule has 0 spiro atoms. The summed E-state index contributed by atoms with van der Waals surface area (Å²) in [5.74, 6) is 0.972. The number of hydrogen-bond acceptors (Lipinski definition) is 6. The van der Waals surface area contributed by atoms with Gasteiger partial charge in [0.05, 0.1) is 24.9 Å². The highest BCUT2D eigenvalue weighted by Crippen LogP contribution is 2.29. The van der Waals surface area contributed by atoms with Crippen molar-refractivity contribution in [2.75, 3.05) is 24.3 Å². The largest absolute Gasteiger partial charge is 0.497 e. The van der Waals surface area contributed by atoms with E-state index in [4.69, 9.17) is 9.72 Å². The van der Waals surface area contributed by atoms with Crippen LogP contribution in [0, 0.1) is 0 Å². The van der Waals surface area contributed by atoms with Gasteiger partial charge in [0.1, 0.15) is 10.4 Å². The third-order valence-electron chi connectivity index (χ3n) is 5.52. The van der Waals surface area contributed by atoms with Crippen LogP contribution in [0.3, 0.4) is 0 Å². The van der Waals surface area contributed by atoms with Gasteiger partial charge in [-0.05, 0) is 47.2 Å². The first kappa shape index (κ1) is 20.8. The zero-order chi connectivity index (χ0) is 22.1. The van der Waals surface area contributed by atoms with E-state index in [-0.39, 0.29) is 17.2 Å². The first-order chi connectivity index (χ1) is 15.6. The monoisotopic (exact) mass is 463 g/mol. The summed E-state index contributed by atoms with van der Waals surface area (Å²) in [4.78, 5) is 32.8. The highest BCUT2D eigenvalue weighted by molar-refractivity contribution is 7.99. The lowest BCUT2D eigenvalue weighted by molar-refractivity contribution is -0.116. The SMILES string of the molecule is COc1cccc(Cn2c(SCC(=O)N3CCc4ccccc43)nc3ccsc3c2=O)c1. The van der Waals surface area contributed by atoms with Crippen molar-refractivity contribution in [3.05, 3.63) is 81.5 Å². The summed E-state index contributed by atoms with van der Waals surface area (Å²) in [7, 11) is 1.62. The number of fused-ring (bicyclic) bond motifs is 2. The first-order valence-electron chi connectivity index (χ1n) is 10.3. The van der Waals surface area contributed by atoms with E-state index in [0.29, 0.717) is 28.5 Å². The van der Waals surface area contributed by atoms with Crippen molar-refractivity contribution in [2.24, 2.45) is 0 Å². The molecule has 0 fully saturated rings. The molecule has 3 heterocycles. The number of amides is 1. The van der Waals surface area contributed by atoms with Crippen molar-refractivity contribution >= 4 is 44.9 Å². The van der Waals surface area contributed by atoms with Crippen LogP contribution in [0.15, 0.2) is 69.9 Å². The Hall–Kier alpha value is -3.10. The Balaban J connectivity index is 1.43. The molecular formula is C24H21N3O3S2. The number of carbonyl (C=O) groups excluding carboxylic acids is 1. The molecule has 1 aliphatic rings. The predicted molar refractivity (Wildman–Crippen MR) is 129 cm³/mol. The second-order valence-corrected chi connectivity index (χ2v) is 9.34. The van der Waals surface area contributed by atoms with Crippen molar-refractivity contribution in [1.29, 1.82) is 0 Å². The smallest absolute Gasteiger partial charge is 0.272 e. The maximum Gasteiger partial charge on any atom is 0.272 e. The molecule has 6 nitrogen and oxygen atoms in total. The molecule has 1 aliphatic heterocycles. The number of hydrogen-bond donors (Lipinski definition) is 0. The normalized spacial score (nSPS) is 12.8. The van der Waals surface area contributed by atoms with E-state index in [1.54, 1.807) is 11.7 Å². The summed E-state index contributed by atoms with van der Waals surface area (Å²) in [5.41, 5.74) is 3.69. The lowest BCUT2D eigenvalue weighted by Crippen LogP contribution is -2.31. The van der Waals surface area contributed by atoms with E-state index in [0.717, 1.165) is 23.4 Å². The number of aromatic nitrogens is 2. The van der Waals surface area contributed by atoms with E-state index in [1.807, 2.05) is 58.8 Å². The van der Waals surface area contributed by atoms with Gasteiger partial charge < -0.3 is 9.64 Å². The molecule has 0 N–H and O–H groups in total. The molecule has 0 saturated heterocycles. The predicted octanol–water partition coefficient (Wildman–Crippen LogP) is 4.20. The Kier molecular flexibility index (Phi) is 5.71. The number of para-hydroxylation sites is 1. The maximum absolute atomic E-state index is 13.2. The Morgan fingerprint density at radius 2 is 2.06 bits per heavy atom. The number of ether oxygens (including phenoxy) is 1. The lowest BCUT2D eigenvalue weighted by Gasteiger charge is -2.18. The number of methoxy groups -OCH3 is 1. The molecule has 2 aromatic heterocycles. The van der Waals surface area contributed by atoms with Crippen LogP contribution in [-0.4, -0.2) is 34.9 Å². The van der Waals surface area contributed by atoms with Gasteiger partial charge in [-0.2, -0.15) is 0 Å². The van der Waals surface area contributed by atoms with E-state index in [1.165, 1.54) is 28.7 Å². The topological polar surface area (TPSA) is 64.4 Å². The Bertz CT molecular complexity index is 1360. The second kappa shape index (κ2) is 8.80. The van der Waals surface area contributed by atoms with Gasteiger partial charge in [0, 0.05) is 12.2 Å². The van der Waals surface area contributed by atoms with Crippen molar-refractivity contribution in [2.45, 2.75) is 18.1 Å². The molecule has 0 atom stereocenters. The fraction of sp³-hybridized carbons (Fsp3) is 0.208. The molecule has 162 valence electrons. The number of anilines is 1. The number of carbonyl (C=O) groups is 1. The van der Waals surface area contributed by atoms with Crippen molar-refractivity contribution in [3.8, 4) is 5.75 Å². The highest BCUT2D eigenvalue weighted by atomic mass is 32.2. The molecule has 4 aromatic rings. The number of nitrogens with zero attached hydrogens (tertiary/aromatic N) is 3. The molecule has 0 aliphatic carbocycles. The maximum atomic E-state index is 13.2. The van der Waals surface area contributed by atoms with Crippen LogP contribution < -0.4 is 15.2 Å². The zero-order valence-corrected chi connectivity index (χ0v) is 19.1. The quantitative estimate of drug-likeness (QED) is 0.317. The van der Waals surface area contributed by atoms with Crippen LogP contribution in [0.25, 0.3) is 10.2 Å². The minimum atomic E-state index is -0.0886. The molecule has 1 amide bonds. The van der Waals surface area contributed by atoms with E-state index in [2.05, 4.69) is 6.07 Å². The van der Waals surface area contributed by atoms with E-state index < -0.39 is 0 Å². The van der Waals surface area contributed by atoms with Gasteiger partial charge in [0.25, 0.3) is 5.56 Å². The molecule has 5 rings (SSSR count). The summed E-state index contributed by atoms with van der Waals surface area (Å²) in [6.07, 6.45) is 0.867. The average Bonchev–Trinajstić information content (AvgIpc) is 3.47. The molecule has 8 heteroatoms.